The zero-order valence-electron chi connectivity index (χ0n) is 7.60. The molecule has 0 saturated heterocycles. The van der Waals surface area contributed by atoms with E-state index in [0.29, 0.717) is 12.2 Å². The SMILES string of the molecule is Nc1cncc(NCc2ccco2)c1. The molecule has 0 radical (unpaired) electrons. The number of hydrogen-bond donors (Lipinski definition) is 2. The molecule has 0 aliphatic rings. The quantitative estimate of drug-likeness (QED) is 0.773. The fourth-order valence-electron chi connectivity index (χ4n) is 1.16. The summed E-state index contributed by atoms with van der Waals surface area (Å²) in [6.07, 6.45) is 4.98. The Hall–Kier alpha value is -1.97. The summed E-state index contributed by atoms with van der Waals surface area (Å²) in [5, 5.41) is 3.15. The van der Waals surface area contributed by atoms with Crippen molar-refractivity contribution >= 4 is 11.4 Å². The van der Waals surface area contributed by atoms with Crippen molar-refractivity contribution in [2.45, 2.75) is 6.54 Å². The lowest BCUT2D eigenvalue weighted by molar-refractivity contribution is 0.518. The summed E-state index contributed by atoms with van der Waals surface area (Å²) in [4.78, 5) is 3.97. The molecule has 0 fully saturated rings. The van der Waals surface area contributed by atoms with E-state index >= 15 is 0 Å². The zero-order valence-corrected chi connectivity index (χ0v) is 7.60. The van der Waals surface area contributed by atoms with Crippen molar-refractivity contribution in [2.24, 2.45) is 0 Å². The van der Waals surface area contributed by atoms with Gasteiger partial charge in [-0.3, -0.25) is 4.98 Å². The van der Waals surface area contributed by atoms with Crippen LogP contribution in [0.2, 0.25) is 0 Å². The molecule has 4 heteroatoms. The first kappa shape index (κ1) is 8.62. The summed E-state index contributed by atoms with van der Waals surface area (Å²) in [5.74, 6) is 0.882. The van der Waals surface area contributed by atoms with Crippen molar-refractivity contribution < 1.29 is 4.42 Å². The van der Waals surface area contributed by atoms with Crippen molar-refractivity contribution in [3.63, 3.8) is 0 Å². The van der Waals surface area contributed by atoms with Crippen molar-refractivity contribution in [1.29, 1.82) is 0 Å². The molecule has 2 aromatic rings. The van der Waals surface area contributed by atoms with Crippen molar-refractivity contribution in [2.75, 3.05) is 11.1 Å². The second kappa shape index (κ2) is 3.83. The third-order valence-corrected chi connectivity index (χ3v) is 1.81. The summed E-state index contributed by atoms with van der Waals surface area (Å²) in [7, 11) is 0. The van der Waals surface area contributed by atoms with Gasteiger partial charge in [-0.1, -0.05) is 0 Å². The maximum Gasteiger partial charge on any atom is 0.122 e. The van der Waals surface area contributed by atoms with Crippen LogP contribution in [0.15, 0.2) is 41.3 Å². The second-order valence-corrected chi connectivity index (χ2v) is 2.94. The highest BCUT2D eigenvalue weighted by molar-refractivity contribution is 5.51. The molecule has 0 unspecified atom stereocenters. The van der Waals surface area contributed by atoms with Crippen LogP contribution < -0.4 is 11.1 Å². The van der Waals surface area contributed by atoms with Crippen LogP contribution in [-0.2, 0) is 6.54 Å². The van der Waals surface area contributed by atoms with E-state index in [1.807, 2.05) is 18.2 Å². The molecule has 72 valence electrons. The lowest BCUT2D eigenvalue weighted by Crippen LogP contribution is -1.99. The average Bonchev–Trinajstić information content (AvgIpc) is 2.67. The van der Waals surface area contributed by atoms with Gasteiger partial charge in [-0.2, -0.15) is 0 Å². The Labute approximate surface area is 81.8 Å². The summed E-state index contributed by atoms with van der Waals surface area (Å²) in [6, 6.07) is 5.59. The van der Waals surface area contributed by atoms with Crippen LogP contribution in [0.4, 0.5) is 11.4 Å². The van der Waals surface area contributed by atoms with E-state index in [2.05, 4.69) is 10.3 Å². The van der Waals surface area contributed by atoms with Gasteiger partial charge in [-0.15, -0.1) is 0 Å². The number of nitrogens with zero attached hydrogens (tertiary/aromatic N) is 1. The highest BCUT2D eigenvalue weighted by Gasteiger charge is 1.96. The number of hydrogen-bond acceptors (Lipinski definition) is 4. The molecule has 4 nitrogen and oxygen atoms in total. The number of rotatable bonds is 3. The van der Waals surface area contributed by atoms with Crippen LogP contribution >= 0.6 is 0 Å². The van der Waals surface area contributed by atoms with Crippen LogP contribution in [-0.4, -0.2) is 4.98 Å². The fourth-order valence-corrected chi connectivity index (χ4v) is 1.16. The predicted octanol–water partition coefficient (Wildman–Crippen LogP) is 1.87. The molecule has 0 aliphatic carbocycles. The smallest absolute Gasteiger partial charge is 0.122 e. The maximum atomic E-state index is 5.58. The van der Waals surface area contributed by atoms with Gasteiger partial charge in [0, 0.05) is 6.20 Å². The van der Waals surface area contributed by atoms with Gasteiger partial charge in [0.2, 0.25) is 0 Å². The Balaban J connectivity index is 1.98. The fraction of sp³-hybridized carbons (Fsp3) is 0.100. The van der Waals surface area contributed by atoms with E-state index in [0.717, 1.165) is 11.4 Å². The molecule has 0 spiro atoms. The van der Waals surface area contributed by atoms with Gasteiger partial charge >= 0.3 is 0 Å². The van der Waals surface area contributed by atoms with Crippen LogP contribution in [0.3, 0.4) is 0 Å². The number of pyridine rings is 1. The summed E-state index contributed by atoms with van der Waals surface area (Å²) < 4.78 is 5.17. The third kappa shape index (κ3) is 2.04. The normalized spacial score (nSPS) is 10.0. The van der Waals surface area contributed by atoms with Crippen LogP contribution in [0.5, 0.6) is 0 Å². The van der Waals surface area contributed by atoms with Crippen molar-refractivity contribution in [3.8, 4) is 0 Å². The minimum Gasteiger partial charge on any atom is -0.467 e. The molecule has 0 bridgehead atoms. The number of nitrogens with two attached hydrogens (primary N) is 1. The second-order valence-electron chi connectivity index (χ2n) is 2.94. The predicted molar refractivity (Wildman–Crippen MR) is 54.7 cm³/mol. The lowest BCUT2D eigenvalue weighted by Gasteiger charge is -2.03. The Morgan fingerprint density at radius 2 is 2.36 bits per heavy atom. The Morgan fingerprint density at radius 1 is 1.43 bits per heavy atom. The molecule has 3 N–H and O–H groups in total. The van der Waals surface area contributed by atoms with Crippen molar-refractivity contribution in [1.82, 2.24) is 4.98 Å². The maximum absolute atomic E-state index is 5.58. The number of aromatic nitrogens is 1. The topological polar surface area (TPSA) is 64.1 Å². The Bertz CT molecular complexity index is 398. The van der Waals surface area contributed by atoms with Gasteiger partial charge in [0.15, 0.2) is 0 Å². The minimum atomic E-state index is 0.637. The van der Waals surface area contributed by atoms with Gasteiger partial charge in [-0.05, 0) is 18.2 Å². The highest BCUT2D eigenvalue weighted by atomic mass is 16.3. The van der Waals surface area contributed by atoms with E-state index in [9.17, 15) is 0 Å². The number of nitrogen functional groups attached to an aromatic ring is 1. The third-order valence-electron chi connectivity index (χ3n) is 1.81. The Morgan fingerprint density at radius 3 is 3.07 bits per heavy atom. The minimum absolute atomic E-state index is 0.637. The average molecular weight is 189 g/mol. The standard InChI is InChI=1S/C10H11N3O/c11-8-4-9(6-12-5-8)13-7-10-2-1-3-14-10/h1-6,13H,7,11H2. The molecule has 14 heavy (non-hydrogen) atoms. The van der Waals surface area contributed by atoms with Gasteiger partial charge in [0.1, 0.15) is 5.76 Å². The van der Waals surface area contributed by atoms with Gasteiger partial charge in [0.25, 0.3) is 0 Å². The molecule has 0 saturated carbocycles. The van der Waals surface area contributed by atoms with Crippen LogP contribution in [0, 0.1) is 0 Å². The van der Waals surface area contributed by atoms with E-state index in [1.165, 1.54) is 0 Å². The van der Waals surface area contributed by atoms with Gasteiger partial charge in [0.05, 0.1) is 30.4 Å². The summed E-state index contributed by atoms with van der Waals surface area (Å²) in [6.45, 7) is 0.637. The van der Waals surface area contributed by atoms with Crippen LogP contribution in [0.25, 0.3) is 0 Å². The molecule has 0 aromatic carbocycles. The van der Waals surface area contributed by atoms with E-state index < -0.39 is 0 Å². The van der Waals surface area contributed by atoms with Gasteiger partial charge in [-0.25, -0.2) is 0 Å². The van der Waals surface area contributed by atoms with E-state index in [4.69, 9.17) is 10.2 Å². The van der Waals surface area contributed by atoms with Crippen molar-refractivity contribution in [3.05, 3.63) is 42.6 Å². The van der Waals surface area contributed by atoms with Crippen LogP contribution in [0.1, 0.15) is 5.76 Å². The first-order chi connectivity index (χ1) is 6.84. The molecular formula is C10H11N3O. The monoisotopic (exact) mass is 189 g/mol. The largest absolute Gasteiger partial charge is 0.467 e. The first-order valence-corrected chi connectivity index (χ1v) is 4.31. The molecule has 0 amide bonds. The molecular weight excluding hydrogens is 178 g/mol. The lowest BCUT2D eigenvalue weighted by atomic mass is 10.3. The zero-order chi connectivity index (χ0) is 9.80. The molecule has 0 atom stereocenters. The first-order valence-electron chi connectivity index (χ1n) is 4.31. The molecule has 2 aromatic heterocycles. The molecule has 2 rings (SSSR count). The molecule has 2 heterocycles. The summed E-state index contributed by atoms with van der Waals surface area (Å²) in [5.41, 5.74) is 7.12. The van der Waals surface area contributed by atoms with E-state index in [1.54, 1.807) is 18.7 Å². The number of anilines is 2. The number of nitrogens with one attached hydrogen (secondary N) is 1. The van der Waals surface area contributed by atoms with E-state index in [-0.39, 0.29) is 0 Å². The van der Waals surface area contributed by atoms with Gasteiger partial charge < -0.3 is 15.5 Å². The number of furan rings is 1. The molecule has 0 aliphatic heterocycles. The Kier molecular flexibility index (Phi) is 2.36. The highest BCUT2D eigenvalue weighted by Crippen LogP contribution is 2.11. The summed E-state index contributed by atoms with van der Waals surface area (Å²) >= 11 is 0.